The first-order valence-corrected chi connectivity index (χ1v) is 6.59. The number of allylic oxidation sites excluding steroid dienone is 1. The van der Waals surface area contributed by atoms with Gasteiger partial charge in [-0.2, -0.15) is 5.10 Å². The topological polar surface area (TPSA) is 79.5 Å². The molecule has 0 saturated carbocycles. The van der Waals surface area contributed by atoms with Crippen LogP contribution in [0.5, 0.6) is 0 Å². The van der Waals surface area contributed by atoms with Gasteiger partial charge in [-0.15, -0.1) is 0 Å². The summed E-state index contributed by atoms with van der Waals surface area (Å²) in [5, 5.41) is 10.00. The molecular weight excluding hydrogens is 264 g/mol. The van der Waals surface area contributed by atoms with E-state index in [9.17, 15) is 4.79 Å². The molecule has 102 valence electrons. The molecule has 21 heavy (non-hydrogen) atoms. The zero-order valence-electron chi connectivity index (χ0n) is 11.1. The van der Waals surface area contributed by atoms with E-state index in [1.807, 2.05) is 48.5 Å². The van der Waals surface area contributed by atoms with E-state index >= 15 is 0 Å². The van der Waals surface area contributed by atoms with Gasteiger partial charge < -0.3 is 16.5 Å². The fourth-order valence-corrected chi connectivity index (χ4v) is 2.81. The van der Waals surface area contributed by atoms with Gasteiger partial charge in [-0.1, -0.05) is 36.4 Å². The van der Waals surface area contributed by atoms with E-state index < -0.39 is 0 Å². The molecular formula is C16H12N4O. The molecule has 4 rings (SSSR count). The van der Waals surface area contributed by atoms with Gasteiger partial charge in [0.05, 0.1) is 11.3 Å². The van der Waals surface area contributed by atoms with Crippen molar-refractivity contribution in [3.63, 3.8) is 0 Å². The minimum absolute atomic E-state index is 0.146. The number of hydrogen-bond acceptors (Lipinski definition) is 4. The van der Waals surface area contributed by atoms with Crippen molar-refractivity contribution in [2.24, 2.45) is 10.9 Å². The quantitative estimate of drug-likeness (QED) is 0.392. The van der Waals surface area contributed by atoms with Crippen LogP contribution in [0.1, 0.15) is 11.1 Å². The standard InChI is InChI=1S/C16H12N4O/c17-20-14-10-6-2-4-8-12(10)18-15(14)13-9-5-1-3-7-11(9)19-16(13)21/h1-8,18H,17H2,(H,19,21)/b15-13-,20-14?. The lowest BCUT2D eigenvalue weighted by Gasteiger charge is -2.05. The lowest BCUT2D eigenvalue weighted by atomic mass is 10.0. The Balaban J connectivity index is 1.97. The van der Waals surface area contributed by atoms with Crippen LogP contribution in [-0.2, 0) is 4.79 Å². The molecule has 1 amide bonds. The number of carbonyl (C=O) groups is 1. The highest BCUT2D eigenvalue weighted by molar-refractivity contribution is 6.39. The molecule has 2 aromatic rings. The Hall–Kier alpha value is -3.08. The lowest BCUT2D eigenvalue weighted by molar-refractivity contribution is -0.110. The highest BCUT2D eigenvalue weighted by atomic mass is 16.2. The number of carbonyl (C=O) groups excluding carboxylic acids is 1. The van der Waals surface area contributed by atoms with E-state index in [0.29, 0.717) is 17.0 Å². The van der Waals surface area contributed by atoms with Crippen LogP contribution in [-0.4, -0.2) is 11.6 Å². The molecule has 5 heteroatoms. The summed E-state index contributed by atoms with van der Waals surface area (Å²) < 4.78 is 0. The van der Waals surface area contributed by atoms with Gasteiger partial charge in [-0.25, -0.2) is 0 Å². The lowest BCUT2D eigenvalue weighted by Crippen LogP contribution is -2.13. The molecule has 0 aliphatic carbocycles. The first kappa shape index (κ1) is 11.7. The molecule has 0 saturated heterocycles. The third kappa shape index (κ3) is 1.57. The number of nitrogens with zero attached hydrogens (tertiary/aromatic N) is 1. The highest BCUT2D eigenvalue weighted by Crippen LogP contribution is 2.38. The molecule has 0 radical (unpaired) electrons. The average Bonchev–Trinajstić information content (AvgIpc) is 3.02. The van der Waals surface area contributed by atoms with Gasteiger partial charge in [-0.3, -0.25) is 4.79 Å². The molecule has 5 nitrogen and oxygen atoms in total. The molecule has 2 aliphatic rings. The van der Waals surface area contributed by atoms with Crippen molar-refractivity contribution in [2.45, 2.75) is 0 Å². The second-order valence-electron chi connectivity index (χ2n) is 4.90. The van der Waals surface area contributed by atoms with Crippen molar-refractivity contribution < 1.29 is 4.79 Å². The Labute approximate surface area is 121 Å². The normalized spacial score (nSPS) is 21.0. The number of fused-ring (bicyclic) bond motifs is 2. The first-order chi connectivity index (χ1) is 10.3. The predicted molar refractivity (Wildman–Crippen MR) is 82.8 cm³/mol. The number of anilines is 2. The average molecular weight is 276 g/mol. The number of para-hydroxylation sites is 2. The molecule has 2 aromatic carbocycles. The van der Waals surface area contributed by atoms with Gasteiger partial charge in [0.1, 0.15) is 5.71 Å². The molecule has 2 aliphatic heterocycles. The number of nitrogens with one attached hydrogen (secondary N) is 2. The molecule has 0 atom stereocenters. The molecule has 4 N–H and O–H groups in total. The van der Waals surface area contributed by atoms with Gasteiger partial charge in [0, 0.05) is 22.5 Å². The Morgan fingerprint density at radius 3 is 2.19 bits per heavy atom. The van der Waals surface area contributed by atoms with Gasteiger partial charge in [0.15, 0.2) is 0 Å². The van der Waals surface area contributed by atoms with Gasteiger partial charge in [0.2, 0.25) is 0 Å². The van der Waals surface area contributed by atoms with E-state index in [4.69, 9.17) is 5.84 Å². The Kier molecular flexibility index (Phi) is 2.35. The summed E-state index contributed by atoms with van der Waals surface area (Å²) in [7, 11) is 0. The second-order valence-corrected chi connectivity index (χ2v) is 4.90. The van der Waals surface area contributed by atoms with Gasteiger partial charge >= 0.3 is 0 Å². The van der Waals surface area contributed by atoms with E-state index in [0.717, 1.165) is 22.5 Å². The maximum Gasteiger partial charge on any atom is 0.258 e. The summed E-state index contributed by atoms with van der Waals surface area (Å²) in [4.78, 5) is 12.3. The van der Waals surface area contributed by atoms with Crippen LogP contribution in [0.4, 0.5) is 11.4 Å². The third-order valence-electron chi connectivity index (χ3n) is 3.73. The van der Waals surface area contributed by atoms with Crippen LogP contribution in [0.3, 0.4) is 0 Å². The smallest absolute Gasteiger partial charge is 0.258 e. The zero-order chi connectivity index (χ0) is 14.4. The van der Waals surface area contributed by atoms with Crippen LogP contribution in [0.2, 0.25) is 0 Å². The third-order valence-corrected chi connectivity index (χ3v) is 3.73. The maximum absolute atomic E-state index is 12.3. The number of amides is 1. The summed E-state index contributed by atoms with van der Waals surface area (Å²) in [6.07, 6.45) is 0. The monoisotopic (exact) mass is 276 g/mol. The SMILES string of the molecule is NN=C1/C(=C2/C(=O)Nc3ccccc32)Nc2ccccc21. The summed E-state index contributed by atoms with van der Waals surface area (Å²) >= 11 is 0. The number of hydrazone groups is 1. The molecule has 0 spiro atoms. The van der Waals surface area contributed by atoms with E-state index in [1.54, 1.807) is 0 Å². The summed E-state index contributed by atoms with van der Waals surface area (Å²) in [6, 6.07) is 15.3. The fourth-order valence-electron chi connectivity index (χ4n) is 2.81. The summed E-state index contributed by atoms with van der Waals surface area (Å²) in [5.41, 5.74) is 5.30. The maximum atomic E-state index is 12.3. The summed E-state index contributed by atoms with van der Waals surface area (Å²) in [6.45, 7) is 0. The molecule has 0 fully saturated rings. The molecule has 0 aromatic heterocycles. The highest BCUT2D eigenvalue weighted by Gasteiger charge is 2.33. The van der Waals surface area contributed by atoms with Crippen molar-refractivity contribution in [3.05, 3.63) is 65.4 Å². The number of benzene rings is 2. The first-order valence-electron chi connectivity index (χ1n) is 6.59. The number of rotatable bonds is 0. The summed E-state index contributed by atoms with van der Waals surface area (Å²) in [5.74, 6) is 5.41. The molecule has 2 heterocycles. The molecule has 0 unspecified atom stereocenters. The minimum Gasteiger partial charge on any atom is -0.352 e. The van der Waals surface area contributed by atoms with Crippen molar-refractivity contribution in [1.82, 2.24) is 0 Å². The van der Waals surface area contributed by atoms with E-state index in [2.05, 4.69) is 15.7 Å². The molecule has 0 bridgehead atoms. The van der Waals surface area contributed by atoms with E-state index in [-0.39, 0.29) is 5.91 Å². The van der Waals surface area contributed by atoms with Crippen LogP contribution < -0.4 is 16.5 Å². The Bertz CT molecular complexity index is 836. The van der Waals surface area contributed by atoms with Gasteiger partial charge in [0.25, 0.3) is 5.91 Å². The van der Waals surface area contributed by atoms with Gasteiger partial charge in [-0.05, 0) is 12.1 Å². The minimum atomic E-state index is -0.146. The van der Waals surface area contributed by atoms with Crippen LogP contribution in [0.25, 0.3) is 5.57 Å². The van der Waals surface area contributed by atoms with Crippen molar-refractivity contribution in [3.8, 4) is 0 Å². The number of nitrogens with two attached hydrogens (primary N) is 1. The Morgan fingerprint density at radius 2 is 1.48 bits per heavy atom. The van der Waals surface area contributed by atoms with Crippen molar-refractivity contribution in [2.75, 3.05) is 10.6 Å². The second kappa shape index (κ2) is 4.21. The predicted octanol–water partition coefficient (Wildman–Crippen LogP) is 2.14. The zero-order valence-corrected chi connectivity index (χ0v) is 11.1. The van der Waals surface area contributed by atoms with Crippen LogP contribution in [0.15, 0.2) is 59.3 Å². The van der Waals surface area contributed by atoms with E-state index in [1.165, 1.54) is 0 Å². The van der Waals surface area contributed by atoms with Crippen LogP contribution in [0, 0.1) is 0 Å². The fraction of sp³-hybridized carbons (Fsp3) is 0. The Morgan fingerprint density at radius 1 is 0.857 bits per heavy atom. The van der Waals surface area contributed by atoms with Crippen LogP contribution >= 0.6 is 0 Å². The van der Waals surface area contributed by atoms with Crippen molar-refractivity contribution >= 4 is 28.6 Å². The number of hydrogen-bond donors (Lipinski definition) is 3. The largest absolute Gasteiger partial charge is 0.352 e. The van der Waals surface area contributed by atoms with Crippen molar-refractivity contribution in [1.29, 1.82) is 0 Å².